The van der Waals surface area contributed by atoms with E-state index in [0.717, 1.165) is 12.1 Å². The van der Waals surface area contributed by atoms with Crippen LogP contribution < -0.4 is 10.1 Å². The molecule has 0 unspecified atom stereocenters. The number of hydrogen-bond donors (Lipinski definition) is 2. The van der Waals surface area contributed by atoms with Gasteiger partial charge in [0.05, 0.1) is 30.2 Å². The van der Waals surface area contributed by atoms with Crippen molar-refractivity contribution in [2.45, 2.75) is 57.7 Å². The van der Waals surface area contributed by atoms with E-state index < -0.39 is 54.7 Å². The molecule has 0 aromatic heterocycles. The van der Waals surface area contributed by atoms with Gasteiger partial charge in [0.25, 0.3) is 5.91 Å². The van der Waals surface area contributed by atoms with Crippen molar-refractivity contribution in [3.63, 3.8) is 0 Å². The Balaban J connectivity index is 1.82. The van der Waals surface area contributed by atoms with Crippen LogP contribution >= 0.6 is 0 Å². The van der Waals surface area contributed by atoms with E-state index in [1.54, 1.807) is 14.0 Å². The molecule has 0 saturated heterocycles. The monoisotopic (exact) mass is 589 g/mol. The summed E-state index contributed by atoms with van der Waals surface area (Å²) in [6.07, 6.45) is -11.5. The third-order valence-electron chi connectivity index (χ3n) is 6.81. The zero-order valence-electron chi connectivity index (χ0n) is 22.9. The van der Waals surface area contributed by atoms with Gasteiger partial charge in [0.15, 0.2) is 0 Å². The van der Waals surface area contributed by atoms with Crippen molar-refractivity contribution in [3.05, 3.63) is 59.2 Å². The molecule has 2 N–H and O–H groups in total. The fourth-order valence-electron chi connectivity index (χ4n) is 4.48. The summed E-state index contributed by atoms with van der Waals surface area (Å²) in [6, 6.07) is 8.50. The Labute approximate surface area is 234 Å². The minimum absolute atomic E-state index is 0.0706. The summed E-state index contributed by atoms with van der Waals surface area (Å²) in [5.41, 5.74) is 0.113. The number of rotatable bonds is 9. The number of benzene rings is 2. The molecule has 0 fully saturated rings. The number of carbonyl (C=O) groups excluding carboxylic acids is 2. The molecule has 13 heteroatoms. The summed E-state index contributed by atoms with van der Waals surface area (Å²) in [6.45, 7) is 4.10. The number of anilines is 1. The largest absolute Gasteiger partial charge is 0.488 e. The highest BCUT2D eigenvalue weighted by Gasteiger charge is 2.34. The summed E-state index contributed by atoms with van der Waals surface area (Å²) < 4.78 is 82.4. The van der Waals surface area contributed by atoms with E-state index in [1.807, 2.05) is 11.8 Å². The van der Waals surface area contributed by atoms with Crippen molar-refractivity contribution >= 4 is 17.5 Å². The minimum Gasteiger partial charge on any atom is -0.488 e. The van der Waals surface area contributed by atoms with Gasteiger partial charge in [-0.15, -0.1) is 0 Å². The number of fused-ring (bicyclic) bond motifs is 1. The van der Waals surface area contributed by atoms with Gasteiger partial charge in [0, 0.05) is 37.7 Å². The van der Waals surface area contributed by atoms with Gasteiger partial charge < -0.3 is 20.1 Å². The maximum Gasteiger partial charge on any atom is 0.416 e. The Morgan fingerprint density at radius 3 is 2.39 bits per heavy atom. The van der Waals surface area contributed by atoms with Crippen LogP contribution in [0.4, 0.5) is 32.0 Å². The summed E-state index contributed by atoms with van der Waals surface area (Å²) in [4.78, 5) is 28.9. The van der Waals surface area contributed by atoms with Gasteiger partial charge in [-0.2, -0.15) is 26.3 Å². The van der Waals surface area contributed by atoms with Crippen molar-refractivity contribution < 1.29 is 45.8 Å². The van der Waals surface area contributed by atoms with Gasteiger partial charge >= 0.3 is 12.4 Å². The molecule has 41 heavy (non-hydrogen) atoms. The highest BCUT2D eigenvalue weighted by Crippen LogP contribution is 2.32. The van der Waals surface area contributed by atoms with Gasteiger partial charge in [-0.05, 0) is 49.9 Å². The van der Waals surface area contributed by atoms with Crippen molar-refractivity contribution in [1.82, 2.24) is 9.80 Å². The van der Waals surface area contributed by atoms with Gasteiger partial charge in [-0.1, -0.05) is 19.1 Å². The van der Waals surface area contributed by atoms with Crippen LogP contribution in [0.25, 0.3) is 0 Å². The van der Waals surface area contributed by atoms with E-state index in [-0.39, 0.29) is 36.1 Å². The number of aliphatic hydroxyl groups is 1. The molecule has 1 aliphatic rings. The molecule has 2 aromatic rings. The molecule has 1 heterocycles. The highest BCUT2D eigenvalue weighted by atomic mass is 19.4. The lowest BCUT2D eigenvalue weighted by Gasteiger charge is -2.38. The normalized spacial score (nSPS) is 18.8. The second-order valence-electron chi connectivity index (χ2n) is 10.4. The van der Waals surface area contributed by atoms with Crippen LogP contribution in [0.1, 0.15) is 48.2 Å². The molecule has 0 spiro atoms. The van der Waals surface area contributed by atoms with Crippen molar-refractivity contribution in [2.24, 2.45) is 5.92 Å². The molecular formula is C28H33F6N3O4. The Bertz CT molecular complexity index is 1200. The third kappa shape index (κ3) is 9.09. The highest BCUT2D eigenvalue weighted by molar-refractivity contribution is 5.99. The van der Waals surface area contributed by atoms with Gasteiger partial charge in [0.1, 0.15) is 11.9 Å². The first kappa shape index (κ1) is 32.2. The number of amides is 2. The predicted octanol–water partition coefficient (Wildman–Crippen LogP) is 5.34. The van der Waals surface area contributed by atoms with Crippen LogP contribution in [0.2, 0.25) is 0 Å². The Kier molecular flexibility index (Phi) is 10.3. The Hall–Kier alpha value is -3.32. The van der Waals surface area contributed by atoms with E-state index in [0.29, 0.717) is 18.7 Å². The lowest BCUT2D eigenvalue weighted by Crippen LogP contribution is -2.49. The number of hydrogen-bond acceptors (Lipinski definition) is 5. The average Bonchev–Trinajstić information content (AvgIpc) is 2.88. The molecule has 0 radical (unpaired) electrons. The van der Waals surface area contributed by atoms with Crippen molar-refractivity contribution in [1.29, 1.82) is 0 Å². The van der Waals surface area contributed by atoms with Crippen molar-refractivity contribution in [3.8, 4) is 5.75 Å². The van der Waals surface area contributed by atoms with Crippen molar-refractivity contribution in [2.75, 3.05) is 32.1 Å². The number of alkyl halides is 6. The maximum absolute atomic E-state index is 13.5. The lowest BCUT2D eigenvalue weighted by molar-refractivity contribution is -0.142. The molecule has 2 aromatic carbocycles. The van der Waals surface area contributed by atoms with Crippen LogP contribution in [0, 0.1) is 5.92 Å². The number of ether oxygens (including phenoxy) is 1. The Morgan fingerprint density at radius 1 is 1.15 bits per heavy atom. The lowest BCUT2D eigenvalue weighted by atomic mass is 9.99. The molecule has 0 aliphatic carbocycles. The molecule has 1 aliphatic heterocycles. The standard InChI is InChI=1S/C28H33F6N3O4/c1-17-13-37(18(2)16-38)26(40)22-12-21(35-25(39)10-11-27(29,30)31)8-9-23(22)41-24(17)15-36(3)14-19-4-6-20(7-5-19)28(32,33)34/h4-9,12,17-18,24,38H,10-11,13-16H2,1-3H3,(H,35,39)/t17-,18-,24-/m0/s1. The van der Waals surface area contributed by atoms with Gasteiger partial charge in [-0.3, -0.25) is 14.5 Å². The first-order valence-corrected chi connectivity index (χ1v) is 13.0. The molecule has 0 bridgehead atoms. The number of halogens is 6. The molecule has 3 rings (SSSR count). The van der Waals surface area contributed by atoms with E-state index in [4.69, 9.17) is 4.74 Å². The van der Waals surface area contributed by atoms with Crippen LogP contribution in [-0.4, -0.2) is 71.8 Å². The minimum atomic E-state index is -4.49. The van der Waals surface area contributed by atoms with E-state index in [9.17, 15) is 41.0 Å². The van der Waals surface area contributed by atoms with Gasteiger partial charge in [0.2, 0.25) is 5.91 Å². The zero-order chi connectivity index (χ0) is 30.5. The van der Waals surface area contributed by atoms with Gasteiger partial charge in [-0.25, -0.2) is 0 Å². The molecule has 2 amide bonds. The predicted molar refractivity (Wildman–Crippen MR) is 139 cm³/mol. The fourth-order valence-corrected chi connectivity index (χ4v) is 4.48. The fraction of sp³-hybridized carbons (Fsp3) is 0.500. The second-order valence-corrected chi connectivity index (χ2v) is 10.4. The van der Waals surface area contributed by atoms with Crippen LogP contribution in [0.3, 0.4) is 0 Å². The zero-order valence-corrected chi connectivity index (χ0v) is 22.9. The van der Waals surface area contributed by atoms with Crippen LogP contribution in [0.15, 0.2) is 42.5 Å². The quantitative estimate of drug-likeness (QED) is 0.386. The maximum atomic E-state index is 13.5. The molecule has 0 saturated carbocycles. The first-order valence-electron chi connectivity index (χ1n) is 13.0. The molecule has 3 atom stereocenters. The summed E-state index contributed by atoms with van der Waals surface area (Å²) in [5.74, 6) is -1.37. The molecule has 7 nitrogen and oxygen atoms in total. The molecule has 226 valence electrons. The number of likely N-dealkylation sites (N-methyl/N-ethyl adjacent to an activating group) is 1. The Morgan fingerprint density at radius 2 is 1.80 bits per heavy atom. The smallest absolute Gasteiger partial charge is 0.416 e. The van der Waals surface area contributed by atoms with E-state index >= 15 is 0 Å². The summed E-state index contributed by atoms with van der Waals surface area (Å²) in [5, 5.41) is 12.2. The topological polar surface area (TPSA) is 82.1 Å². The third-order valence-corrected chi connectivity index (χ3v) is 6.81. The first-order chi connectivity index (χ1) is 19.1. The molecular weight excluding hydrogens is 556 g/mol. The number of nitrogens with zero attached hydrogens (tertiary/aromatic N) is 2. The average molecular weight is 590 g/mol. The second kappa shape index (κ2) is 13.1. The number of carbonyl (C=O) groups is 2. The SMILES string of the molecule is C[C@H]1CN([C@@H](C)CO)C(=O)c2cc(NC(=O)CCC(F)(F)F)ccc2O[C@H]1CN(C)Cc1ccc(C(F)(F)F)cc1. The van der Waals surface area contributed by atoms with E-state index in [1.165, 1.54) is 35.2 Å². The number of aliphatic hydroxyl groups excluding tert-OH is 1. The van der Waals surface area contributed by atoms with Crippen LogP contribution in [-0.2, 0) is 17.5 Å². The number of nitrogens with one attached hydrogen (secondary N) is 1. The summed E-state index contributed by atoms with van der Waals surface area (Å²) in [7, 11) is 1.78. The van der Waals surface area contributed by atoms with E-state index in [2.05, 4.69) is 5.32 Å². The van der Waals surface area contributed by atoms with Crippen LogP contribution in [0.5, 0.6) is 5.75 Å². The summed E-state index contributed by atoms with van der Waals surface area (Å²) >= 11 is 0.